The summed E-state index contributed by atoms with van der Waals surface area (Å²) in [7, 11) is 0. The van der Waals surface area contributed by atoms with E-state index in [2.05, 4.69) is 137 Å². The molecular weight excluding hydrogens is 540 g/mol. The summed E-state index contributed by atoms with van der Waals surface area (Å²) in [6.07, 6.45) is -0.337. The Hall–Kier alpha value is -5.65. The molecule has 8 aromatic rings. The largest absolute Gasteiger partial charge is 0.456 e. The van der Waals surface area contributed by atoms with Crippen LogP contribution in [0.3, 0.4) is 0 Å². The maximum atomic E-state index is 6.45. The second-order valence-electron chi connectivity index (χ2n) is 11.3. The molecule has 5 heteroatoms. The topological polar surface area (TPSA) is 54.5 Å². The fourth-order valence-corrected chi connectivity index (χ4v) is 6.58. The van der Waals surface area contributed by atoms with E-state index in [4.69, 9.17) is 9.41 Å². The Bertz CT molecular complexity index is 2300. The number of aromatic nitrogens is 1. The molecule has 2 atom stereocenters. The van der Waals surface area contributed by atoms with Gasteiger partial charge in [0.05, 0.1) is 11.0 Å². The van der Waals surface area contributed by atoms with Gasteiger partial charge in [0.25, 0.3) is 0 Å². The first-order valence-corrected chi connectivity index (χ1v) is 15.0. The molecule has 0 aliphatic carbocycles. The minimum Gasteiger partial charge on any atom is -0.456 e. The SMILES string of the molecule is c1ccc(C2=NC(c3ccc4c(c3)oc3ccc(-n5c6ccccc6c6ccccc65)cc34)NC(c3ccccc3)N2)cc1. The maximum absolute atomic E-state index is 6.45. The van der Waals surface area contributed by atoms with Gasteiger partial charge in [-0.05, 0) is 47.5 Å². The average molecular weight is 569 g/mol. The maximum Gasteiger partial charge on any atom is 0.135 e. The number of nitrogens with zero attached hydrogens (tertiary/aromatic N) is 2. The summed E-state index contributed by atoms with van der Waals surface area (Å²) in [4.78, 5) is 5.11. The standard InChI is InChI=1S/C39H28N4O/c1-3-11-25(12-4-1)37-40-38(26-13-5-2-6-14-26)42-39(41-37)27-19-21-31-32-24-28(20-22-35(32)44-36(31)23-27)43-33-17-9-7-15-29(33)30-16-8-10-18-34(30)43/h1-24,37,39,41H,(H,40,42). The Kier molecular flexibility index (Phi) is 5.64. The van der Waals surface area contributed by atoms with Gasteiger partial charge in [0.15, 0.2) is 0 Å². The van der Waals surface area contributed by atoms with Crippen LogP contribution in [-0.4, -0.2) is 10.4 Å². The summed E-state index contributed by atoms with van der Waals surface area (Å²) in [6.45, 7) is 0. The number of hydrogen-bond donors (Lipinski definition) is 2. The Morgan fingerprint density at radius 2 is 1.23 bits per heavy atom. The lowest BCUT2D eigenvalue weighted by molar-refractivity contribution is 0.409. The molecule has 0 amide bonds. The van der Waals surface area contributed by atoms with E-state index in [0.717, 1.165) is 50.2 Å². The molecule has 5 nitrogen and oxygen atoms in total. The van der Waals surface area contributed by atoms with Crippen LogP contribution in [0.25, 0.3) is 49.4 Å². The van der Waals surface area contributed by atoms with Crippen LogP contribution in [0.1, 0.15) is 29.0 Å². The quantitative estimate of drug-likeness (QED) is 0.223. The number of benzene rings is 6. The van der Waals surface area contributed by atoms with E-state index in [1.807, 2.05) is 24.3 Å². The van der Waals surface area contributed by atoms with Crippen LogP contribution in [0.2, 0.25) is 0 Å². The molecule has 9 rings (SSSR count). The minimum atomic E-state index is -0.248. The predicted molar refractivity (Wildman–Crippen MR) is 179 cm³/mol. The lowest BCUT2D eigenvalue weighted by atomic mass is 10.0. The van der Waals surface area contributed by atoms with Crippen molar-refractivity contribution in [3.63, 3.8) is 0 Å². The molecule has 0 fully saturated rings. The highest BCUT2D eigenvalue weighted by Crippen LogP contribution is 2.36. The zero-order chi connectivity index (χ0) is 29.0. The molecule has 2 unspecified atom stereocenters. The zero-order valence-electron chi connectivity index (χ0n) is 23.8. The molecule has 0 saturated carbocycles. The zero-order valence-corrected chi connectivity index (χ0v) is 23.8. The number of para-hydroxylation sites is 2. The van der Waals surface area contributed by atoms with E-state index >= 15 is 0 Å². The van der Waals surface area contributed by atoms with Gasteiger partial charge in [-0.15, -0.1) is 0 Å². The van der Waals surface area contributed by atoms with Crippen LogP contribution < -0.4 is 10.6 Å². The number of hydrogen-bond acceptors (Lipinski definition) is 4. The van der Waals surface area contributed by atoms with E-state index in [-0.39, 0.29) is 12.3 Å². The van der Waals surface area contributed by atoms with Crippen molar-refractivity contribution in [3.8, 4) is 5.69 Å². The van der Waals surface area contributed by atoms with Gasteiger partial charge in [0.1, 0.15) is 29.3 Å². The third-order valence-corrected chi connectivity index (χ3v) is 8.68. The fourth-order valence-electron chi connectivity index (χ4n) is 6.58. The molecule has 0 saturated heterocycles. The van der Waals surface area contributed by atoms with Crippen molar-refractivity contribution in [2.75, 3.05) is 0 Å². The van der Waals surface area contributed by atoms with Crippen LogP contribution in [0, 0.1) is 0 Å². The van der Waals surface area contributed by atoms with Crippen molar-refractivity contribution in [3.05, 3.63) is 162 Å². The fraction of sp³-hybridized carbons (Fsp3) is 0.0513. The van der Waals surface area contributed by atoms with Gasteiger partial charge in [-0.1, -0.05) is 109 Å². The molecule has 6 aromatic carbocycles. The second-order valence-corrected chi connectivity index (χ2v) is 11.3. The highest BCUT2D eigenvalue weighted by atomic mass is 16.3. The summed E-state index contributed by atoms with van der Waals surface area (Å²) in [5.74, 6) is 0.865. The Balaban J connectivity index is 1.15. The summed E-state index contributed by atoms with van der Waals surface area (Å²) in [5, 5.41) is 12.0. The van der Waals surface area contributed by atoms with Crippen molar-refractivity contribution >= 4 is 49.6 Å². The van der Waals surface area contributed by atoms with Crippen LogP contribution in [0.5, 0.6) is 0 Å². The average Bonchev–Trinajstić information content (AvgIpc) is 3.64. The number of furan rings is 1. The number of amidine groups is 1. The first-order valence-electron chi connectivity index (χ1n) is 15.0. The highest BCUT2D eigenvalue weighted by Gasteiger charge is 2.26. The molecule has 210 valence electrons. The van der Waals surface area contributed by atoms with Gasteiger partial charge in [-0.3, -0.25) is 5.32 Å². The van der Waals surface area contributed by atoms with E-state index in [1.165, 1.54) is 21.8 Å². The summed E-state index contributed by atoms with van der Waals surface area (Å²) in [6, 6.07) is 50.9. The monoisotopic (exact) mass is 568 g/mol. The van der Waals surface area contributed by atoms with Crippen LogP contribution in [0.15, 0.2) is 155 Å². The number of rotatable bonds is 4. The number of aliphatic imine (C=N–C) groups is 1. The van der Waals surface area contributed by atoms with Gasteiger partial charge < -0.3 is 14.3 Å². The molecule has 1 aliphatic rings. The Morgan fingerprint density at radius 3 is 1.98 bits per heavy atom. The molecule has 0 radical (unpaired) electrons. The molecular formula is C39H28N4O. The number of fused-ring (bicyclic) bond motifs is 6. The lowest BCUT2D eigenvalue weighted by Crippen LogP contribution is -2.44. The lowest BCUT2D eigenvalue weighted by Gasteiger charge is -2.32. The van der Waals surface area contributed by atoms with Crippen LogP contribution >= 0.6 is 0 Å². The molecule has 0 spiro atoms. The summed E-state index contributed by atoms with van der Waals surface area (Å²) < 4.78 is 8.80. The van der Waals surface area contributed by atoms with Gasteiger partial charge in [-0.25, -0.2) is 4.99 Å². The molecule has 2 aromatic heterocycles. The van der Waals surface area contributed by atoms with Crippen molar-refractivity contribution in [2.45, 2.75) is 12.3 Å². The molecule has 1 aliphatic heterocycles. The smallest absolute Gasteiger partial charge is 0.135 e. The van der Waals surface area contributed by atoms with E-state index in [0.29, 0.717) is 0 Å². The van der Waals surface area contributed by atoms with Crippen molar-refractivity contribution in [2.24, 2.45) is 4.99 Å². The van der Waals surface area contributed by atoms with E-state index < -0.39 is 0 Å². The third kappa shape index (κ3) is 4.02. The second kappa shape index (κ2) is 9.97. The van der Waals surface area contributed by atoms with Gasteiger partial charge in [-0.2, -0.15) is 0 Å². The van der Waals surface area contributed by atoms with Crippen molar-refractivity contribution in [1.82, 2.24) is 15.2 Å². The molecule has 2 N–H and O–H groups in total. The summed E-state index contributed by atoms with van der Waals surface area (Å²) in [5.41, 5.74) is 8.49. The van der Waals surface area contributed by atoms with Crippen molar-refractivity contribution < 1.29 is 4.42 Å². The highest BCUT2D eigenvalue weighted by molar-refractivity contribution is 6.10. The van der Waals surface area contributed by atoms with Gasteiger partial charge >= 0.3 is 0 Å². The van der Waals surface area contributed by atoms with Gasteiger partial charge in [0, 0.05) is 32.8 Å². The first-order chi connectivity index (χ1) is 21.8. The van der Waals surface area contributed by atoms with E-state index in [1.54, 1.807) is 0 Å². The van der Waals surface area contributed by atoms with Gasteiger partial charge in [0.2, 0.25) is 0 Å². The Morgan fingerprint density at radius 1 is 0.545 bits per heavy atom. The summed E-state index contributed by atoms with van der Waals surface area (Å²) >= 11 is 0. The molecule has 0 bridgehead atoms. The number of nitrogens with one attached hydrogen (secondary N) is 2. The Labute approximate surface area is 254 Å². The van der Waals surface area contributed by atoms with Crippen LogP contribution in [-0.2, 0) is 0 Å². The molecule has 3 heterocycles. The predicted octanol–water partition coefficient (Wildman–Crippen LogP) is 9.02. The van der Waals surface area contributed by atoms with Crippen molar-refractivity contribution in [1.29, 1.82) is 0 Å². The minimum absolute atomic E-state index is 0.0888. The van der Waals surface area contributed by atoms with E-state index in [9.17, 15) is 0 Å². The third-order valence-electron chi connectivity index (χ3n) is 8.68. The molecule has 44 heavy (non-hydrogen) atoms. The first kappa shape index (κ1) is 24.9. The normalized spacial score (nSPS) is 16.9. The van der Waals surface area contributed by atoms with Crippen LogP contribution in [0.4, 0.5) is 0 Å².